The van der Waals surface area contributed by atoms with E-state index in [1.807, 2.05) is 36.6 Å². The normalized spacial score (nSPS) is 14.9. The van der Waals surface area contributed by atoms with E-state index in [0.29, 0.717) is 11.2 Å². The number of benzene rings is 1. The third-order valence-corrected chi connectivity index (χ3v) is 6.26. The van der Waals surface area contributed by atoms with Crippen LogP contribution in [0.2, 0.25) is 0 Å². The van der Waals surface area contributed by atoms with Gasteiger partial charge in [0.25, 0.3) is 5.91 Å². The summed E-state index contributed by atoms with van der Waals surface area (Å²) in [4.78, 5) is 13.0. The average molecular weight is 411 g/mol. The van der Waals surface area contributed by atoms with Gasteiger partial charge < -0.3 is 9.88 Å². The molecule has 3 aromatic rings. The third kappa shape index (κ3) is 3.94. The first kappa shape index (κ1) is 19.7. The molecule has 0 bridgehead atoms. The number of tetrazole rings is 1. The van der Waals surface area contributed by atoms with Gasteiger partial charge in [-0.1, -0.05) is 37.1 Å². The molecule has 0 atom stereocenters. The number of aryl methyl sites for hydroxylation is 1. The predicted molar refractivity (Wildman–Crippen MR) is 115 cm³/mol. The first-order chi connectivity index (χ1) is 14.1. The summed E-state index contributed by atoms with van der Waals surface area (Å²) in [7, 11) is 0. The lowest BCUT2D eigenvalue weighted by Crippen LogP contribution is -2.17. The minimum atomic E-state index is -0.0842. The summed E-state index contributed by atoms with van der Waals surface area (Å²) in [6, 6.07) is 10.1. The molecule has 0 unspecified atom stereocenters. The Hall–Kier alpha value is -2.61. The first-order valence-corrected chi connectivity index (χ1v) is 11.2. The Kier molecular flexibility index (Phi) is 5.71. The SMILES string of the molecule is CSc1nnnn1-c1cccc(NC(=O)c2cc(C)n(C3CCCCC3)c2C)c1. The molecule has 1 fully saturated rings. The lowest BCUT2D eigenvalue weighted by molar-refractivity contribution is 0.102. The zero-order chi connectivity index (χ0) is 20.4. The highest BCUT2D eigenvalue weighted by Crippen LogP contribution is 2.32. The van der Waals surface area contributed by atoms with Crippen molar-refractivity contribution in [1.29, 1.82) is 0 Å². The van der Waals surface area contributed by atoms with Crippen molar-refractivity contribution in [3.8, 4) is 5.69 Å². The minimum absolute atomic E-state index is 0.0842. The molecule has 1 amide bonds. The van der Waals surface area contributed by atoms with Crippen LogP contribution in [0.25, 0.3) is 5.69 Å². The quantitative estimate of drug-likeness (QED) is 0.624. The van der Waals surface area contributed by atoms with Crippen LogP contribution in [0.5, 0.6) is 0 Å². The molecule has 2 aromatic heterocycles. The van der Waals surface area contributed by atoms with Gasteiger partial charge in [-0.3, -0.25) is 4.79 Å². The fraction of sp³-hybridized carbons (Fsp3) is 0.429. The number of aromatic nitrogens is 5. The molecule has 4 rings (SSSR count). The van der Waals surface area contributed by atoms with Crippen molar-refractivity contribution in [2.45, 2.75) is 57.1 Å². The lowest BCUT2D eigenvalue weighted by Gasteiger charge is -2.26. The van der Waals surface area contributed by atoms with Gasteiger partial charge in [0.05, 0.1) is 11.3 Å². The Balaban J connectivity index is 1.57. The number of rotatable bonds is 5. The molecular weight excluding hydrogens is 384 g/mol. The number of amides is 1. The van der Waals surface area contributed by atoms with E-state index in [-0.39, 0.29) is 5.91 Å². The summed E-state index contributed by atoms with van der Waals surface area (Å²) in [6.45, 7) is 4.15. The molecule has 152 valence electrons. The Morgan fingerprint density at radius 1 is 1.17 bits per heavy atom. The molecule has 1 aliphatic carbocycles. The Bertz CT molecular complexity index is 1020. The van der Waals surface area contributed by atoms with Crippen LogP contribution >= 0.6 is 11.8 Å². The monoisotopic (exact) mass is 410 g/mol. The molecule has 7 nitrogen and oxygen atoms in total. The second-order valence-electron chi connectivity index (χ2n) is 7.53. The average Bonchev–Trinajstić information content (AvgIpc) is 3.33. The Labute approximate surface area is 174 Å². The molecule has 1 N–H and O–H groups in total. The standard InChI is InChI=1S/C21H26N6OS/c1-14-12-19(15(2)26(14)17-9-5-4-6-10-17)20(28)22-16-8-7-11-18(13-16)27-21(29-3)23-24-25-27/h7-8,11-13,17H,4-6,9-10H2,1-3H3,(H,22,28). The first-order valence-electron chi connectivity index (χ1n) is 10.0. The van der Waals surface area contributed by atoms with Crippen molar-refractivity contribution in [2.24, 2.45) is 0 Å². The Morgan fingerprint density at radius 3 is 2.72 bits per heavy atom. The van der Waals surface area contributed by atoms with Crippen molar-refractivity contribution in [1.82, 2.24) is 24.8 Å². The number of thioether (sulfide) groups is 1. The maximum absolute atomic E-state index is 13.0. The van der Waals surface area contributed by atoms with Crippen LogP contribution in [0.4, 0.5) is 5.69 Å². The van der Waals surface area contributed by atoms with Gasteiger partial charge in [-0.05, 0) is 67.6 Å². The molecule has 1 aromatic carbocycles. The van der Waals surface area contributed by atoms with Gasteiger partial charge in [-0.25, -0.2) is 0 Å². The Morgan fingerprint density at radius 2 is 1.97 bits per heavy atom. The molecule has 0 spiro atoms. The minimum Gasteiger partial charge on any atom is -0.345 e. The molecule has 2 heterocycles. The van der Waals surface area contributed by atoms with Crippen molar-refractivity contribution < 1.29 is 4.79 Å². The van der Waals surface area contributed by atoms with Crippen LogP contribution in [0.1, 0.15) is 59.9 Å². The molecule has 0 aliphatic heterocycles. The summed E-state index contributed by atoms with van der Waals surface area (Å²) < 4.78 is 4.02. The zero-order valence-electron chi connectivity index (χ0n) is 17.1. The number of carbonyl (C=O) groups is 1. The maximum Gasteiger partial charge on any atom is 0.257 e. The van der Waals surface area contributed by atoms with Crippen LogP contribution in [0, 0.1) is 13.8 Å². The molecule has 0 saturated heterocycles. The number of nitrogens with zero attached hydrogens (tertiary/aromatic N) is 5. The van der Waals surface area contributed by atoms with E-state index in [1.54, 1.807) is 4.68 Å². The van der Waals surface area contributed by atoms with E-state index in [0.717, 1.165) is 28.3 Å². The van der Waals surface area contributed by atoms with Gasteiger partial charge >= 0.3 is 0 Å². The number of nitrogens with one attached hydrogen (secondary N) is 1. The second-order valence-corrected chi connectivity index (χ2v) is 8.30. The van der Waals surface area contributed by atoms with E-state index in [9.17, 15) is 4.79 Å². The summed E-state index contributed by atoms with van der Waals surface area (Å²) in [5.74, 6) is -0.0842. The van der Waals surface area contributed by atoms with E-state index < -0.39 is 0 Å². The molecular formula is C21H26N6OS. The molecule has 29 heavy (non-hydrogen) atoms. The van der Waals surface area contributed by atoms with Gasteiger partial charge in [0.2, 0.25) is 5.16 Å². The van der Waals surface area contributed by atoms with Gasteiger partial charge in [-0.2, -0.15) is 4.68 Å². The summed E-state index contributed by atoms with van der Waals surface area (Å²) >= 11 is 1.47. The van der Waals surface area contributed by atoms with E-state index in [2.05, 4.69) is 39.3 Å². The van der Waals surface area contributed by atoms with Crippen LogP contribution in [0.3, 0.4) is 0 Å². The van der Waals surface area contributed by atoms with Crippen molar-refractivity contribution in [3.63, 3.8) is 0 Å². The van der Waals surface area contributed by atoms with Crippen molar-refractivity contribution in [2.75, 3.05) is 11.6 Å². The summed E-state index contributed by atoms with van der Waals surface area (Å²) in [5.41, 5.74) is 4.48. The van der Waals surface area contributed by atoms with Gasteiger partial charge in [0.1, 0.15) is 0 Å². The van der Waals surface area contributed by atoms with Crippen molar-refractivity contribution >= 4 is 23.4 Å². The van der Waals surface area contributed by atoms with Crippen LogP contribution < -0.4 is 5.32 Å². The smallest absolute Gasteiger partial charge is 0.257 e. The fourth-order valence-corrected chi connectivity index (χ4v) is 4.72. The topological polar surface area (TPSA) is 77.6 Å². The number of hydrogen-bond donors (Lipinski definition) is 1. The van der Waals surface area contributed by atoms with E-state index in [1.165, 1.54) is 43.9 Å². The van der Waals surface area contributed by atoms with Crippen LogP contribution in [-0.4, -0.2) is 36.9 Å². The van der Waals surface area contributed by atoms with E-state index >= 15 is 0 Å². The number of hydrogen-bond acceptors (Lipinski definition) is 5. The molecule has 1 aliphatic rings. The highest BCUT2D eigenvalue weighted by molar-refractivity contribution is 7.98. The molecule has 0 radical (unpaired) electrons. The highest BCUT2D eigenvalue weighted by atomic mass is 32.2. The number of carbonyl (C=O) groups excluding carboxylic acids is 1. The second kappa shape index (κ2) is 8.41. The van der Waals surface area contributed by atoms with Gasteiger partial charge in [0, 0.05) is 23.1 Å². The maximum atomic E-state index is 13.0. The van der Waals surface area contributed by atoms with Crippen LogP contribution in [-0.2, 0) is 0 Å². The predicted octanol–water partition coefficient (Wildman–Crippen LogP) is 4.56. The molecule has 1 saturated carbocycles. The fourth-order valence-electron chi connectivity index (χ4n) is 4.29. The van der Waals surface area contributed by atoms with Crippen LogP contribution in [0.15, 0.2) is 35.5 Å². The van der Waals surface area contributed by atoms with Gasteiger partial charge in [0.15, 0.2) is 0 Å². The lowest BCUT2D eigenvalue weighted by atomic mass is 9.95. The van der Waals surface area contributed by atoms with Gasteiger partial charge in [-0.15, -0.1) is 5.10 Å². The zero-order valence-corrected chi connectivity index (χ0v) is 17.9. The number of anilines is 1. The highest BCUT2D eigenvalue weighted by Gasteiger charge is 2.22. The summed E-state index contributed by atoms with van der Waals surface area (Å²) in [6.07, 6.45) is 8.18. The van der Waals surface area contributed by atoms with E-state index in [4.69, 9.17) is 0 Å². The third-order valence-electron chi connectivity index (χ3n) is 5.64. The molecule has 8 heteroatoms. The largest absolute Gasteiger partial charge is 0.345 e. The summed E-state index contributed by atoms with van der Waals surface area (Å²) in [5, 5.41) is 15.5. The van der Waals surface area contributed by atoms with Crippen molar-refractivity contribution in [3.05, 3.63) is 47.3 Å².